The smallest absolute Gasteiger partial charge is 0.319 e. The van der Waals surface area contributed by atoms with Crippen LogP contribution >= 0.6 is 11.8 Å². The highest BCUT2D eigenvalue weighted by Gasteiger charge is 2.15. The minimum absolute atomic E-state index is 0.0846. The molecule has 2 aromatic rings. The summed E-state index contributed by atoms with van der Waals surface area (Å²) in [7, 11) is 0. The minimum atomic E-state index is -0.306. The molecule has 0 saturated heterocycles. The van der Waals surface area contributed by atoms with Crippen molar-refractivity contribution in [3.63, 3.8) is 0 Å². The van der Waals surface area contributed by atoms with Crippen LogP contribution in [0.4, 0.5) is 10.5 Å². The van der Waals surface area contributed by atoms with E-state index >= 15 is 0 Å². The van der Waals surface area contributed by atoms with Gasteiger partial charge in [-0.15, -0.1) is 11.8 Å². The maximum Gasteiger partial charge on any atom is 0.319 e. The number of aromatic nitrogens is 1. The molecule has 126 valence electrons. The van der Waals surface area contributed by atoms with E-state index in [-0.39, 0.29) is 12.1 Å². The molecule has 0 radical (unpaired) electrons. The first kappa shape index (κ1) is 17.9. The molecular formula is C17H20N4O2S. The average molecular weight is 344 g/mol. The molecule has 0 saturated carbocycles. The first-order chi connectivity index (χ1) is 11.4. The lowest BCUT2D eigenvalue weighted by Crippen LogP contribution is -2.37. The third kappa shape index (κ3) is 4.30. The molecule has 1 aromatic carbocycles. The van der Waals surface area contributed by atoms with Crippen molar-refractivity contribution >= 4 is 23.5 Å². The van der Waals surface area contributed by atoms with Crippen molar-refractivity contribution in [1.29, 1.82) is 5.26 Å². The molecule has 0 bridgehead atoms. The van der Waals surface area contributed by atoms with E-state index in [1.807, 2.05) is 33.1 Å². The molecule has 0 fully saturated rings. The Balaban J connectivity index is 2.02. The molecule has 2 amide bonds. The van der Waals surface area contributed by atoms with E-state index in [0.29, 0.717) is 17.7 Å². The van der Waals surface area contributed by atoms with E-state index in [1.165, 1.54) is 11.8 Å². The number of nitrogens with one attached hydrogen (secondary N) is 2. The Labute approximate surface area is 145 Å². The number of aryl methyl sites for hydroxylation is 2. The summed E-state index contributed by atoms with van der Waals surface area (Å²) in [6, 6.07) is 6.91. The van der Waals surface area contributed by atoms with Crippen LogP contribution in [0.15, 0.2) is 27.6 Å². The van der Waals surface area contributed by atoms with Gasteiger partial charge in [0.05, 0.1) is 23.0 Å². The Bertz CT molecular complexity index is 760. The van der Waals surface area contributed by atoms with Crippen molar-refractivity contribution in [2.24, 2.45) is 0 Å². The van der Waals surface area contributed by atoms with Crippen molar-refractivity contribution in [2.45, 2.75) is 38.1 Å². The quantitative estimate of drug-likeness (QED) is 0.808. The fourth-order valence-corrected chi connectivity index (χ4v) is 2.94. The van der Waals surface area contributed by atoms with E-state index in [2.05, 4.69) is 21.9 Å². The highest BCUT2D eigenvalue weighted by atomic mass is 32.2. The largest absolute Gasteiger partial charge is 0.361 e. The van der Waals surface area contributed by atoms with Gasteiger partial charge in [-0.2, -0.15) is 5.26 Å². The highest BCUT2D eigenvalue weighted by Crippen LogP contribution is 2.26. The molecule has 24 heavy (non-hydrogen) atoms. The maximum atomic E-state index is 12.2. The number of hydrogen-bond acceptors (Lipinski definition) is 5. The second kappa shape index (κ2) is 7.88. The number of rotatable bonds is 5. The molecule has 0 unspecified atom stereocenters. The van der Waals surface area contributed by atoms with E-state index in [4.69, 9.17) is 9.78 Å². The second-order valence-electron chi connectivity index (χ2n) is 5.53. The maximum absolute atomic E-state index is 12.2. The van der Waals surface area contributed by atoms with Crippen LogP contribution in [0.5, 0.6) is 0 Å². The Kier molecular flexibility index (Phi) is 5.88. The van der Waals surface area contributed by atoms with E-state index in [9.17, 15) is 4.79 Å². The van der Waals surface area contributed by atoms with Crippen LogP contribution in [0.3, 0.4) is 0 Å². The van der Waals surface area contributed by atoms with Crippen LogP contribution in [0.2, 0.25) is 0 Å². The summed E-state index contributed by atoms with van der Waals surface area (Å²) in [5.41, 5.74) is 2.99. The van der Waals surface area contributed by atoms with Crippen molar-refractivity contribution in [3.8, 4) is 6.07 Å². The fourth-order valence-electron chi connectivity index (χ4n) is 2.41. The van der Waals surface area contributed by atoms with Crippen LogP contribution in [-0.4, -0.2) is 23.5 Å². The van der Waals surface area contributed by atoms with Crippen molar-refractivity contribution in [2.75, 3.05) is 11.6 Å². The number of nitrogens with zero attached hydrogens (tertiary/aromatic N) is 2. The zero-order chi connectivity index (χ0) is 17.7. The summed E-state index contributed by atoms with van der Waals surface area (Å²) >= 11 is 1.51. The molecule has 0 aliphatic carbocycles. The topological polar surface area (TPSA) is 91.0 Å². The fraction of sp³-hybridized carbons (Fsp3) is 0.353. The molecule has 1 aromatic heterocycles. The zero-order valence-corrected chi connectivity index (χ0v) is 15.0. The Morgan fingerprint density at radius 1 is 1.46 bits per heavy atom. The molecule has 2 rings (SSSR count). The number of nitriles is 1. The van der Waals surface area contributed by atoms with Gasteiger partial charge in [0.15, 0.2) is 0 Å². The van der Waals surface area contributed by atoms with Crippen LogP contribution < -0.4 is 10.6 Å². The van der Waals surface area contributed by atoms with Gasteiger partial charge in [0.2, 0.25) is 0 Å². The number of carbonyl (C=O) groups excluding carboxylic acids is 1. The Hall–Kier alpha value is -2.46. The molecule has 6 nitrogen and oxygen atoms in total. The summed E-state index contributed by atoms with van der Waals surface area (Å²) in [6.07, 6.45) is 2.56. The number of amides is 2. The Morgan fingerprint density at radius 2 is 2.21 bits per heavy atom. The van der Waals surface area contributed by atoms with Gasteiger partial charge in [-0.1, -0.05) is 5.16 Å². The molecule has 7 heteroatoms. The van der Waals surface area contributed by atoms with Crippen LogP contribution in [0.1, 0.15) is 29.5 Å². The monoisotopic (exact) mass is 344 g/mol. The van der Waals surface area contributed by atoms with E-state index in [1.54, 1.807) is 12.1 Å². The van der Waals surface area contributed by atoms with Gasteiger partial charge in [0.1, 0.15) is 5.76 Å². The molecule has 0 spiro atoms. The van der Waals surface area contributed by atoms with Crippen LogP contribution in [-0.2, 0) is 6.42 Å². The van der Waals surface area contributed by atoms with Gasteiger partial charge in [-0.3, -0.25) is 0 Å². The van der Waals surface area contributed by atoms with E-state index < -0.39 is 0 Å². The minimum Gasteiger partial charge on any atom is -0.361 e. The number of hydrogen-bond donors (Lipinski definition) is 2. The van der Waals surface area contributed by atoms with Gasteiger partial charge in [0.25, 0.3) is 0 Å². The molecule has 2 N–H and O–H groups in total. The number of anilines is 1. The second-order valence-corrected chi connectivity index (χ2v) is 6.38. The SMILES string of the molecule is CSc1ccc(C#N)cc1NC(=O)N[C@H](C)Cc1c(C)noc1C. The van der Waals surface area contributed by atoms with Crippen LogP contribution in [0, 0.1) is 25.2 Å². The summed E-state index contributed by atoms with van der Waals surface area (Å²) in [5.74, 6) is 0.771. The van der Waals surface area contributed by atoms with Crippen molar-refractivity contribution in [3.05, 3.63) is 40.8 Å². The Morgan fingerprint density at radius 3 is 2.79 bits per heavy atom. The first-order valence-electron chi connectivity index (χ1n) is 7.52. The number of thioether (sulfide) groups is 1. The summed E-state index contributed by atoms with van der Waals surface area (Å²) in [6.45, 7) is 5.67. The molecule has 0 aliphatic heterocycles. The molecular weight excluding hydrogens is 324 g/mol. The number of benzene rings is 1. The van der Waals surface area contributed by atoms with Gasteiger partial charge in [-0.25, -0.2) is 4.79 Å². The van der Waals surface area contributed by atoms with Crippen molar-refractivity contribution in [1.82, 2.24) is 10.5 Å². The third-order valence-corrected chi connectivity index (χ3v) is 4.44. The van der Waals surface area contributed by atoms with Gasteiger partial charge < -0.3 is 15.2 Å². The van der Waals surface area contributed by atoms with Gasteiger partial charge >= 0.3 is 6.03 Å². The lowest BCUT2D eigenvalue weighted by molar-refractivity contribution is 0.249. The van der Waals surface area contributed by atoms with E-state index in [0.717, 1.165) is 21.9 Å². The standard InChI is InChI=1S/C17H20N4O2S/c1-10(7-14-11(2)21-23-12(14)3)19-17(22)20-15-8-13(9-18)5-6-16(15)24-4/h5-6,8,10H,7H2,1-4H3,(H2,19,20,22)/t10-/m1/s1. The molecule has 0 aliphatic rings. The molecule has 1 heterocycles. The average Bonchev–Trinajstić information content (AvgIpc) is 2.86. The lowest BCUT2D eigenvalue weighted by Gasteiger charge is -2.16. The van der Waals surface area contributed by atoms with Gasteiger partial charge in [0, 0.05) is 16.5 Å². The lowest BCUT2D eigenvalue weighted by atomic mass is 10.1. The summed E-state index contributed by atoms with van der Waals surface area (Å²) < 4.78 is 5.14. The molecule has 1 atom stereocenters. The van der Waals surface area contributed by atoms with Crippen LogP contribution in [0.25, 0.3) is 0 Å². The van der Waals surface area contributed by atoms with Gasteiger partial charge in [-0.05, 0) is 51.6 Å². The third-order valence-electron chi connectivity index (χ3n) is 3.65. The summed E-state index contributed by atoms with van der Waals surface area (Å²) in [4.78, 5) is 13.1. The van der Waals surface area contributed by atoms with Crippen molar-refractivity contribution < 1.29 is 9.32 Å². The number of urea groups is 1. The summed E-state index contributed by atoms with van der Waals surface area (Å²) in [5, 5.41) is 18.6. The number of carbonyl (C=O) groups is 1. The predicted molar refractivity (Wildman–Crippen MR) is 94.2 cm³/mol. The zero-order valence-electron chi connectivity index (χ0n) is 14.1. The highest BCUT2D eigenvalue weighted by molar-refractivity contribution is 7.98. The first-order valence-corrected chi connectivity index (χ1v) is 8.74. The predicted octanol–water partition coefficient (Wildman–Crippen LogP) is 3.64. The normalized spacial score (nSPS) is 11.6.